The number of hydrogen-bond acceptors (Lipinski definition) is 3. The molecule has 2 rings (SSSR count). The Balaban J connectivity index is 2.21. The number of sulfone groups is 1. The second kappa shape index (κ2) is 5.22. The van der Waals surface area contributed by atoms with E-state index in [9.17, 15) is 13.2 Å². The number of Topliss-reactive ketones (excluding diaryl/α,β-unsaturated/α-hetero) is 1. The van der Waals surface area contributed by atoms with Crippen LogP contribution in [-0.4, -0.2) is 24.7 Å². The molecule has 4 heteroatoms. The zero-order chi connectivity index (χ0) is 13.2. The second-order valence-electron chi connectivity index (χ2n) is 4.87. The lowest BCUT2D eigenvalue weighted by molar-refractivity contribution is 0.0991. The van der Waals surface area contributed by atoms with Crippen molar-refractivity contribution in [2.75, 3.05) is 0 Å². The zero-order valence-corrected chi connectivity index (χ0v) is 11.3. The maximum absolute atomic E-state index is 12.3. The van der Waals surface area contributed by atoms with Crippen molar-refractivity contribution in [3.8, 4) is 0 Å². The largest absolute Gasteiger partial charge is 0.293 e. The summed E-state index contributed by atoms with van der Waals surface area (Å²) < 4.78 is 24.7. The molecule has 0 saturated heterocycles. The summed E-state index contributed by atoms with van der Waals surface area (Å²) in [4.78, 5) is 12.2. The monoisotopic (exact) mass is 266 g/mol. The zero-order valence-electron chi connectivity index (χ0n) is 10.5. The van der Waals surface area contributed by atoms with Crippen LogP contribution in [0.3, 0.4) is 0 Å². The van der Waals surface area contributed by atoms with E-state index >= 15 is 0 Å². The van der Waals surface area contributed by atoms with E-state index in [1.165, 1.54) is 6.92 Å². The van der Waals surface area contributed by atoms with E-state index in [1.807, 2.05) is 6.07 Å². The predicted molar refractivity (Wildman–Crippen MR) is 71.4 cm³/mol. The smallest absolute Gasteiger partial charge is 0.180 e. The molecule has 1 aliphatic carbocycles. The van der Waals surface area contributed by atoms with Gasteiger partial charge in [-0.25, -0.2) is 8.42 Å². The highest BCUT2D eigenvalue weighted by molar-refractivity contribution is 7.93. The fourth-order valence-electron chi connectivity index (χ4n) is 2.49. The molecule has 18 heavy (non-hydrogen) atoms. The summed E-state index contributed by atoms with van der Waals surface area (Å²) in [6.07, 6.45) is 3.32. The molecule has 0 heterocycles. The van der Waals surface area contributed by atoms with Crippen LogP contribution in [0.4, 0.5) is 0 Å². The van der Waals surface area contributed by atoms with Gasteiger partial charge >= 0.3 is 0 Å². The van der Waals surface area contributed by atoms with Gasteiger partial charge in [0.15, 0.2) is 15.6 Å². The van der Waals surface area contributed by atoms with Crippen LogP contribution in [0.1, 0.15) is 43.0 Å². The van der Waals surface area contributed by atoms with Gasteiger partial charge < -0.3 is 0 Å². The van der Waals surface area contributed by atoms with Gasteiger partial charge in [-0.05, 0) is 19.8 Å². The van der Waals surface area contributed by atoms with Gasteiger partial charge in [0.25, 0.3) is 0 Å². The maximum Gasteiger partial charge on any atom is 0.180 e. The van der Waals surface area contributed by atoms with Gasteiger partial charge in [-0.15, -0.1) is 0 Å². The third-order valence-corrected chi connectivity index (χ3v) is 6.29. The molecule has 0 radical (unpaired) electrons. The summed E-state index contributed by atoms with van der Waals surface area (Å²) in [7, 11) is -3.34. The number of rotatable bonds is 4. The van der Waals surface area contributed by atoms with Crippen molar-refractivity contribution in [2.24, 2.45) is 0 Å². The highest BCUT2D eigenvalue weighted by Gasteiger charge is 2.37. The quantitative estimate of drug-likeness (QED) is 0.787. The molecule has 1 fully saturated rings. The van der Waals surface area contributed by atoms with Gasteiger partial charge in [-0.1, -0.05) is 43.2 Å². The molecule has 1 saturated carbocycles. The van der Waals surface area contributed by atoms with Gasteiger partial charge in [0.05, 0.1) is 5.25 Å². The first-order chi connectivity index (χ1) is 8.53. The number of carbonyl (C=O) groups excluding carboxylic acids is 1. The summed E-state index contributed by atoms with van der Waals surface area (Å²) in [5.74, 6) is -0.289. The number of carbonyl (C=O) groups is 1. The molecule has 0 N–H and O–H groups in total. The molecular formula is C14H18O3S. The summed E-state index contributed by atoms with van der Waals surface area (Å²) in [5, 5.41) is -1.25. The Morgan fingerprint density at radius 2 is 1.72 bits per heavy atom. The van der Waals surface area contributed by atoms with Crippen molar-refractivity contribution in [2.45, 2.75) is 43.1 Å². The first-order valence-electron chi connectivity index (χ1n) is 6.35. The van der Waals surface area contributed by atoms with Gasteiger partial charge in [-0.2, -0.15) is 0 Å². The molecule has 0 spiro atoms. The van der Waals surface area contributed by atoms with Crippen molar-refractivity contribution < 1.29 is 13.2 Å². The van der Waals surface area contributed by atoms with Crippen LogP contribution in [0.5, 0.6) is 0 Å². The molecule has 0 aliphatic heterocycles. The maximum atomic E-state index is 12.3. The van der Waals surface area contributed by atoms with Gasteiger partial charge in [-0.3, -0.25) is 4.79 Å². The third kappa shape index (κ3) is 2.48. The molecule has 1 unspecified atom stereocenters. The fraction of sp³-hybridized carbons (Fsp3) is 0.500. The standard InChI is InChI=1S/C14H18O3S/c1-11(14(15)12-7-3-2-4-8-12)18(16,17)13-9-5-6-10-13/h2-4,7-8,11,13H,5-6,9-10H2,1H3. The Bertz CT molecular complexity index is 513. The number of ketones is 1. The molecular weight excluding hydrogens is 248 g/mol. The summed E-state index contributed by atoms with van der Waals surface area (Å²) >= 11 is 0. The van der Waals surface area contributed by atoms with Crippen molar-refractivity contribution in [1.29, 1.82) is 0 Å². The first-order valence-corrected chi connectivity index (χ1v) is 7.96. The van der Waals surface area contributed by atoms with E-state index in [0.29, 0.717) is 18.4 Å². The first kappa shape index (κ1) is 13.3. The Labute approximate surface area is 108 Å². The van der Waals surface area contributed by atoms with Crippen molar-refractivity contribution in [3.05, 3.63) is 35.9 Å². The molecule has 0 amide bonds. The number of benzene rings is 1. The van der Waals surface area contributed by atoms with E-state index in [2.05, 4.69) is 0 Å². The number of hydrogen-bond donors (Lipinski definition) is 0. The normalized spacial score (nSPS) is 18.7. The molecule has 1 aromatic rings. The van der Waals surface area contributed by atoms with Crippen molar-refractivity contribution >= 4 is 15.6 Å². The summed E-state index contributed by atoms with van der Waals surface area (Å²) in [6.45, 7) is 1.52. The summed E-state index contributed by atoms with van der Waals surface area (Å²) in [6, 6.07) is 8.66. The molecule has 0 bridgehead atoms. The minimum absolute atomic E-state index is 0.289. The Morgan fingerprint density at radius 1 is 1.17 bits per heavy atom. The van der Waals surface area contributed by atoms with E-state index < -0.39 is 15.1 Å². The van der Waals surface area contributed by atoms with Crippen molar-refractivity contribution in [1.82, 2.24) is 0 Å². The SMILES string of the molecule is CC(C(=O)c1ccccc1)S(=O)(=O)C1CCCC1. The lowest BCUT2D eigenvalue weighted by Gasteiger charge is -2.17. The third-order valence-electron chi connectivity index (χ3n) is 3.69. The molecule has 3 nitrogen and oxygen atoms in total. The van der Waals surface area contributed by atoms with E-state index in [0.717, 1.165) is 12.8 Å². The summed E-state index contributed by atoms with van der Waals surface area (Å²) in [5.41, 5.74) is 0.478. The predicted octanol–water partition coefficient (Wildman–Crippen LogP) is 2.62. The lowest BCUT2D eigenvalue weighted by Crippen LogP contribution is -2.34. The Kier molecular flexibility index (Phi) is 3.85. The van der Waals surface area contributed by atoms with Crippen LogP contribution in [0.15, 0.2) is 30.3 Å². The van der Waals surface area contributed by atoms with E-state index in [4.69, 9.17) is 0 Å². The minimum atomic E-state index is -3.34. The van der Waals surface area contributed by atoms with Crippen LogP contribution >= 0.6 is 0 Å². The van der Waals surface area contributed by atoms with Gasteiger partial charge in [0.2, 0.25) is 0 Å². The topological polar surface area (TPSA) is 51.2 Å². The Hall–Kier alpha value is -1.16. The van der Waals surface area contributed by atoms with Crippen LogP contribution in [0.25, 0.3) is 0 Å². The second-order valence-corrected chi connectivity index (χ2v) is 7.42. The average Bonchev–Trinajstić information content (AvgIpc) is 2.92. The molecule has 1 aliphatic rings. The molecule has 1 aromatic carbocycles. The van der Waals surface area contributed by atoms with E-state index in [-0.39, 0.29) is 11.0 Å². The average molecular weight is 266 g/mol. The van der Waals surface area contributed by atoms with E-state index in [1.54, 1.807) is 24.3 Å². The molecule has 1 atom stereocenters. The minimum Gasteiger partial charge on any atom is -0.293 e. The van der Waals surface area contributed by atoms with Crippen LogP contribution in [0.2, 0.25) is 0 Å². The van der Waals surface area contributed by atoms with Crippen LogP contribution in [-0.2, 0) is 9.84 Å². The van der Waals surface area contributed by atoms with Gasteiger partial charge in [0.1, 0.15) is 5.25 Å². The van der Waals surface area contributed by atoms with Crippen molar-refractivity contribution in [3.63, 3.8) is 0 Å². The highest BCUT2D eigenvalue weighted by Crippen LogP contribution is 2.28. The fourth-order valence-corrected chi connectivity index (χ4v) is 4.49. The van der Waals surface area contributed by atoms with Crippen LogP contribution in [0, 0.1) is 0 Å². The lowest BCUT2D eigenvalue weighted by atomic mass is 10.1. The van der Waals surface area contributed by atoms with Crippen LogP contribution < -0.4 is 0 Å². The van der Waals surface area contributed by atoms with Gasteiger partial charge in [0, 0.05) is 5.56 Å². The molecule has 98 valence electrons. The highest BCUT2D eigenvalue weighted by atomic mass is 32.2. The molecule has 0 aromatic heterocycles. The Morgan fingerprint density at radius 3 is 2.28 bits per heavy atom.